The summed E-state index contributed by atoms with van der Waals surface area (Å²) in [4.78, 5) is 14.5. The van der Waals surface area contributed by atoms with Gasteiger partial charge < -0.3 is 10.4 Å². The molecule has 0 radical (unpaired) electrons. The van der Waals surface area contributed by atoms with Crippen molar-refractivity contribution in [3.8, 4) is 0 Å². The number of aliphatic carboxylic acids is 1. The molecule has 0 aromatic rings. The number of carbonyl (C=O) groups is 1. The van der Waals surface area contributed by atoms with Gasteiger partial charge in [-0.3, -0.25) is 4.79 Å². The lowest BCUT2D eigenvalue weighted by Crippen LogP contribution is -2.62. The highest BCUT2D eigenvalue weighted by Crippen LogP contribution is 2.44. The zero-order valence-corrected chi connectivity index (χ0v) is 12.0. The topological polar surface area (TPSA) is 98.1 Å². The van der Waals surface area contributed by atoms with E-state index >= 15 is 0 Å². The maximum Gasteiger partial charge on any atom is 0.324 e. The highest BCUT2D eigenvalue weighted by molar-refractivity contribution is 5.79. The molecule has 0 heterocycles. The Morgan fingerprint density at radius 3 is 2.74 bits per heavy atom. The molecule has 1 rings (SSSR count). The fraction of sp³-hybridized carbons (Fsp3) is 0.923. The van der Waals surface area contributed by atoms with Crippen molar-refractivity contribution < 1.29 is 9.90 Å². The van der Waals surface area contributed by atoms with Gasteiger partial charge in [0.05, 0.1) is 0 Å². The fourth-order valence-corrected chi connectivity index (χ4v) is 3.26. The lowest BCUT2D eigenvalue weighted by atomic mass is 9.62. The van der Waals surface area contributed by atoms with Crippen LogP contribution in [0.3, 0.4) is 0 Å². The van der Waals surface area contributed by atoms with Gasteiger partial charge in [0, 0.05) is 18.0 Å². The van der Waals surface area contributed by atoms with E-state index in [-0.39, 0.29) is 17.9 Å². The predicted molar refractivity (Wildman–Crippen MR) is 73.8 cm³/mol. The highest BCUT2D eigenvalue weighted by Gasteiger charge is 2.51. The summed E-state index contributed by atoms with van der Waals surface area (Å²) >= 11 is 0. The zero-order valence-electron chi connectivity index (χ0n) is 12.0. The Labute approximate surface area is 114 Å². The largest absolute Gasteiger partial charge is 0.480 e. The number of rotatable bonds is 5. The molecule has 0 aromatic carbocycles. The third kappa shape index (κ3) is 3.61. The van der Waals surface area contributed by atoms with Crippen LogP contribution >= 0.6 is 0 Å². The minimum absolute atomic E-state index is 0.0652. The minimum atomic E-state index is -0.887. The summed E-state index contributed by atoms with van der Waals surface area (Å²) in [5, 5.41) is 16.3. The lowest BCUT2D eigenvalue weighted by molar-refractivity contribution is -0.152. The van der Waals surface area contributed by atoms with Crippen molar-refractivity contribution in [3.05, 3.63) is 10.4 Å². The van der Waals surface area contributed by atoms with Gasteiger partial charge >= 0.3 is 5.97 Å². The normalized spacial score (nSPS) is 27.6. The van der Waals surface area contributed by atoms with Crippen molar-refractivity contribution in [2.45, 2.75) is 52.0 Å². The van der Waals surface area contributed by atoms with Gasteiger partial charge in [0.2, 0.25) is 0 Å². The van der Waals surface area contributed by atoms with Gasteiger partial charge in [0.15, 0.2) is 0 Å². The van der Waals surface area contributed by atoms with Crippen LogP contribution in [0.1, 0.15) is 46.5 Å². The zero-order chi connectivity index (χ0) is 14.5. The van der Waals surface area contributed by atoms with Gasteiger partial charge in [-0.2, -0.15) is 0 Å². The van der Waals surface area contributed by atoms with Gasteiger partial charge in [-0.1, -0.05) is 38.7 Å². The van der Waals surface area contributed by atoms with Crippen LogP contribution < -0.4 is 5.32 Å². The van der Waals surface area contributed by atoms with Crippen LogP contribution in [0.25, 0.3) is 10.4 Å². The van der Waals surface area contributed by atoms with Crippen molar-refractivity contribution >= 4 is 5.97 Å². The number of carboxylic acids is 1. The van der Waals surface area contributed by atoms with E-state index in [1.807, 2.05) is 0 Å². The van der Waals surface area contributed by atoms with Crippen LogP contribution in [-0.2, 0) is 4.79 Å². The number of hydrogen-bond donors (Lipinski definition) is 2. The number of nitrogens with zero attached hydrogens (tertiary/aromatic N) is 3. The molecule has 2 N–H and O–H groups in total. The molecule has 1 aliphatic rings. The molecule has 0 bridgehead atoms. The smallest absolute Gasteiger partial charge is 0.324 e. The molecule has 1 aliphatic carbocycles. The molecule has 2 atom stereocenters. The second-order valence-corrected chi connectivity index (χ2v) is 6.32. The van der Waals surface area contributed by atoms with E-state index in [4.69, 9.17) is 5.53 Å². The molecule has 0 saturated heterocycles. The highest BCUT2D eigenvalue weighted by atomic mass is 16.4. The first-order valence-corrected chi connectivity index (χ1v) is 6.84. The molecule has 2 unspecified atom stereocenters. The number of nitrogens with one attached hydrogen (secondary N) is 1. The van der Waals surface area contributed by atoms with E-state index in [9.17, 15) is 9.90 Å². The molecule has 0 spiro atoms. The van der Waals surface area contributed by atoms with E-state index in [2.05, 4.69) is 36.1 Å². The lowest BCUT2D eigenvalue weighted by Gasteiger charge is -2.47. The van der Waals surface area contributed by atoms with Crippen LogP contribution in [0.4, 0.5) is 0 Å². The van der Waals surface area contributed by atoms with Crippen molar-refractivity contribution in [1.82, 2.24) is 5.32 Å². The first-order chi connectivity index (χ1) is 8.84. The molecule has 1 fully saturated rings. The van der Waals surface area contributed by atoms with Crippen LogP contribution in [0, 0.1) is 11.3 Å². The Bertz CT molecular complexity index is 371. The molecule has 108 valence electrons. The SMILES string of the molecule is CC(C)(C)C1CCCCC1(NCCN=[N+]=[N-])C(=O)O. The van der Waals surface area contributed by atoms with Crippen LogP contribution in [0.5, 0.6) is 0 Å². The Kier molecular flexibility index (Phi) is 5.20. The van der Waals surface area contributed by atoms with Gasteiger partial charge in [-0.15, -0.1) is 0 Å². The van der Waals surface area contributed by atoms with Gasteiger partial charge in [0.1, 0.15) is 5.54 Å². The van der Waals surface area contributed by atoms with Gasteiger partial charge in [-0.25, -0.2) is 0 Å². The third-order valence-electron chi connectivity index (χ3n) is 4.05. The summed E-state index contributed by atoms with van der Waals surface area (Å²) in [6, 6.07) is 0. The molecule has 0 aromatic heterocycles. The minimum Gasteiger partial charge on any atom is -0.480 e. The van der Waals surface area contributed by atoms with E-state index < -0.39 is 11.5 Å². The number of hydrogen-bond acceptors (Lipinski definition) is 3. The molecule has 6 nitrogen and oxygen atoms in total. The first-order valence-electron chi connectivity index (χ1n) is 6.84. The molecule has 6 heteroatoms. The fourth-order valence-electron chi connectivity index (χ4n) is 3.26. The Hall–Kier alpha value is -1.26. The maximum absolute atomic E-state index is 11.8. The molecule has 1 saturated carbocycles. The third-order valence-corrected chi connectivity index (χ3v) is 4.05. The van der Waals surface area contributed by atoms with Crippen molar-refractivity contribution in [2.75, 3.05) is 13.1 Å². The Morgan fingerprint density at radius 2 is 2.21 bits per heavy atom. The molecule has 0 aliphatic heterocycles. The quantitative estimate of drug-likeness (QED) is 0.347. The predicted octanol–water partition coefficient (Wildman–Crippen LogP) is 2.95. The van der Waals surface area contributed by atoms with Gasteiger partial charge in [-0.05, 0) is 29.7 Å². The van der Waals surface area contributed by atoms with Crippen LogP contribution in [0.15, 0.2) is 5.11 Å². The van der Waals surface area contributed by atoms with E-state index in [0.717, 1.165) is 19.3 Å². The maximum atomic E-state index is 11.8. The number of azide groups is 1. The standard InChI is InChI=1S/C13H24N4O2/c1-12(2,3)10-6-4-5-7-13(10,11(18)19)15-8-9-16-17-14/h10,15H,4-9H2,1-3H3,(H,18,19). The summed E-state index contributed by atoms with van der Waals surface area (Å²) in [5.74, 6) is -0.703. The summed E-state index contributed by atoms with van der Waals surface area (Å²) in [6.07, 6.45) is 3.56. The summed E-state index contributed by atoms with van der Waals surface area (Å²) < 4.78 is 0. The molecule has 19 heavy (non-hydrogen) atoms. The van der Waals surface area contributed by atoms with Crippen molar-refractivity contribution in [3.63, 3.8) is 0 Å². The molecule has 0 amide bonds. The number of carboxylic acid groups (broad SMARTS) is 1. The summed E-state index contributed by atoms with van der Waals surface area (Å²) in [7, 11) is 0. The van der Waals surface area contributed by atoms with Crippen molar-refractivity contribution in [1.29, 1.82) is 0 Å². The second kappa shape index (κ2) is 6.26. The van der Waals surface area contributed by atoms with E-state index in [1.54, 1.807) is 0 Å². The monoisotopic (exact) mass is 268 g/mol. The van der Waals surface area contributed by atoms with E-state index in [1.165, 1.54) is 0 Å². The first kappa shape index (κ1) is 15.8. The van der Waals surface area contributed by atoms with Crippen molar-refractivity contribution in [2.24, 2.45) is 16.4 Å². The second-order valence-electron chi connectivity index (χ2n) is 6.32. The summed E-state index contributed by atoms with van der Waals surface area (Å²) in [6.45, 7) is 6.96. The average molecular weight is 268 g/mol. The summed E-state index contributed by atoms with van der Waals surface area (Å²) in [5.41, 5.74) is 7.32. The molecular formula is C13H24N4O2. The van der Waals surface area contributed by atoms with Crippen LogP contribution in [0.2, 0.25) is 0 Å². The van der Waals surface area contributed by atoms with E-state index in [0.29, 0.717) is 13.0 Å². The van der Waals surface area contributed by atoms with Gasteiger partial charge in [0.25, 0.3) is 0 Å². The molecular weight excluding hydrogens is 244 g/mol. The Balaban J connectivity index is 2.92. The average Bonchev–Trinajstić information content (AvgIpc) is 2.33. The Morgan fingerprint density at radius 1 is 1.53 bits per heavy atom. The van der Waals surface area contributed by atoms with Crippen LogP contribution in [-0.4, -0.2) is 29.7 Å².